The number of rotatable bonds is 15. The third-order valence-corrected chi connectivity index (χ3v) is 11.2. The number of carbonyl (C=O) groups is 6. The number of imide groups is 2. The largest absolute Gasteiger partial charge is 0.380 e. The second-order valence-electron chi connectivity index (χ2n) is 16.0. The average Bonchev–Trinajstić information content (AvgIpc) is 3.87. The number of hydrogen-bond acceptors (Lipinski definition) is 10. The Morgan fingerprint density at radius 3 is 2.67 bits per heavy atom. The highest BCUT2D eigenvalue weighted by atomic mass is 16.5. The van der Waals surface area contributed by atoms with E-state index in [2.05, 4.69) is 62.1 Å². The molecule has 4 N–H and O–H groups in total. The molecular formula is C41H49N9O7. The van der Waals surface area contributed by atoms with Gasteiger partial charge in [0.15, 0.2) is 5.69 Å². The molecule has 2 aromatic heterocycles. The quantitative estimate of drug-likeness (QED) is 0.131. The molecule has 4 aliphatic rings. The van der Waals surface area contributed by atoms with E-state index >= 15 is 0 Å². The predicted octanol–water partition coefficient (Wildman–Crippen LogP) is 2.81. The molecule has 6 amide bonds. The first-order chi connectivity index (χ1) is 27.4. The molecular weight excluding hydrogens is 731 g/mol. The van der Waals surface area contributed by atoms with Crippen LogP contribution < -0.4 is 16.0 Å². The lowest BCUT2D eigenvalue weighted by molar-refractivity contribution is -0.150. The molecule has 2 aliphatic carbocycles. The Morgan fingerprint density at radius 2 is 1.88 bits per heavy atom. The van der Waals surface area contributed by atoms with Crippen LogP contribution >= 0.6 is 0 Å². The van der Waals surface area contributed by atoms with E-state index in [-0.39, 0.29) is 61.1 Å². The van der Waals surface area contributed by atoms with Gasteiger partial charge in [0.1, 0.15) is 6.04 Å². The number of likely N-dealkylation sites (N-methyl/N-ethyl adjacent to an activating group) is 1. The van der Waals surface area contributed by atoms with Crippen LogP contribution in [-0.4, -0.2) is 105 Å². The van der Waals surface area contributed by atoms with Crippen LogP contribution in [0.3, 0.4) is 0 Å². The van der Waals surface area contributed by atoms with E-state index in [1.165, 1.54) is 6.08 Å². The molecule has 3 aromatic rings. The van der Waals surface area contributed by atoms with Gasteiger partial charge in [-0.1, -0.05) is 50.3 Å². The highest BCUT2D eigenvalue weighted by molar-refractivity contribution is 6.18. The van der Waals surface area contributed by atoms with Crippen molar-refractivity contribution in [3.8, 4) is 0 Å². The van der Waals surface area contributed by atoms with Gasteiger partial charge in [0.05, 0.1) is 43.5 Å². The molecule has 7 rings (SSSR count). The number of nitrogens with one attached hydrogen (secondary N) is 4. The first kappa shape index (κ1) is 39.5. The van der Waals surface area contributed by atoms with Crippen molar-refractivity contribution in [2.24, 2.45) is 11.3 Å². The number of hydrogen-bond donors (Lipinski definition) is 4. The van der Waals surface area contributed by atoms with Crippen LogP contribution in [-0.2, 0) is 41.6 Å². The summed E-state index contributed by atoms with van der Waals surface area (Å²) in [4.78, 5) is 79.1. The van der Waals surface area contributed by atoms with E-state index < -0.39 is 35.6 Å². The van der Waals surface area contributed by atoms with Gasteiger partial charge in [-0.3, -0.25) is 48.8 Å². The minimum Gasteiger partial charge on any atom is -0.380 e. The molecule has 16 heteroatoms. The average molecular weight is 780 g/mol. The first-order valence-electron chi connectivity index (χ1n) is 19.5. The summed E-state index contributed by atoms with van der Waals surface area (Å²) in [5.74, 6) is -3.40. The third-order valence-electron chi connectivity index (χ3n) is 11.2. The van der Waals surface area contributed by atoms with Crippen LogP contribution in [0.1, 0.15) is 85.7 Å². The van der Waals surface area contributed by atoms with Crippen molar-refractivity contribution >= 4 is 41.1 Å². The van der Waals surface area contributed by atoms with Crippen LogP contribution in [0.15, 0.2) is 66.1 Å². The minimum absolute atomic E-state index is 0.0499. The Labute approximate surface area is 330 Å². The fourth-order valence-corrected chi connectivity index (χ4v) is 7.95. The summed E-state index contributed by atoms with van der Waals surface area (Å²) in [6, 6.07) is 8.99. The van der Waals surface area contributed by atoms with E-state index in [4.69, 9.17) is 4.74 Å². The van der Waals surface area contributed by atoms with Crippen LogP contribution in [0.4, 0.5) is 5.69 Å². The standard InChI is InChI=1S/C41H49N9O7/c1-41(2)16-13-29-31(22-41)46-47-36(29)38(54)44-27-23-42-49(24-27)32(25-7-5-4-6-8-25)14-17-48(3)18-20-57-19-15-35(52)43-26-9-10-28-30(21-26)40(56)50(39(28)55)33-11-12-34(51)45-37(33)53/h4-9,21,23-24,28,32-33H,10-20,22H2,1-3H3,(H,43,52)(H,44,54)(H,46,47)(H,45,51,53)/t28?,32-,33?/m0/s1. The third kappa shape index (κ3) is 8.97. The highest BCUT2D eigenvalue weighted by Crippen LogP contribution is 2.36. The van der Waals surface area contributed by atoms with Gasteiger partial charge in [-0.05, 0) is 62.6 Å². The van der Waals surface area contributed by atoms with Gasteiger partial charge in [-0.2, -0.15) is 10.2 Å². The highest BCUT2D eigenvalue weighted by Gasteiger charge is 2.49. The first-order valence-corrected chi connectivity index (χ1v) is 19.5. The maximum Gasteiger partial charge on any atom is 0.276 e. The summed E-state index contributed by atoms with van der Waals surface area (Å²) in [6.45, 7) is 6.42. The smallest absolute Gasteiger partial charge is 0.276 e. The molecule has 16 nitrogen and oxygen atoms in total. The van der Waals surface area contributed by atoms with Gasteiger partial charge in [0.25, 0.3) is 11.8 Å². The molecule has 300 valence electrons. The van der Waals surface area contributed by atoms with Crippen molar-refractivity contribution in [2.75, 3.05) is 38.7 Å². The van der Waals surface area contributed by atoms with Crippen molar-refractivity contribution in [1.82, 2.24) is 40.4 Å². The van der Waals surface area contributed by atoms with Gasteiger partial charge < -0.3 is 20.3 Å². The molecule has 4 heterocycles. The topological polar surface area (TPSA) is 201 Å². The Bertz CT molecular complexity index is 2120. The molecule has 2 unspecified atom stereocenters. The molecule has 0 bridgehead atoms. The number of amides is 6. The zero-order valence-corrected chi connectivity index (χ0v) is 32.5. The summed E-state index contributed by atoms with van der Waals surface area (Å²) in [5.41, 5.74) is 4.98. The van der Waals surface area contributed by atoms with Gasteiger partial charge in [-0.15, -0.1) is 0 Å². The zero-order chi connectivity index (χ0) is 40.3. The number of ether oxygens (including phenoxy) is 1. The van der Waals surface area contributed by atoms with E-state index in [0.29, 0.717) is 30.2 Å². The molecule has 1 aromatic carbocycles. The minimum atomic E-state index is -1.02. The Hall–Kier alpha value is -5.74. The molecule has 2 aliphatic heterocycles. The molecule has 3 atom stereocenters. The summed E-state index contributed by atoms with van der Waals surface area (Å²) in [5, 5.41) is 20.0. The van der Waals surface area contributed by atoms with Crippen molar-refractivity contribution in [1.29, 1.82) is 0 Å². The lowest BCUT2D eigenvalue weighted by Crippen LogP contribution is -2.54. The van der Waals surface area contributed by atoms with Crippen molar-refractivity contribution in [3.05, 3.63) is 88.7 Å². The molecule has 0 saturated carbocycles. The Balaban J connectivity index is 0.850. The second kappa shape index (κ2) is 16.8. The van der Waals surface area contributed by atoms with Crippen LogP contribution in [0.2, 0.25) is 0 Å². The molecule has 0 spiro atoms. The number of H-pyrrole nitrogens is 1. The lowest BCUT2D eigenvalue weighted by atomic mass is 9.76. The number of fused-ring (bicyclic) bond motifs is 2. The predicted molar refractivity (Wildman–Crippen MR) is 207 cm³/mol. The Kier molecular flexibility index (Phi) is 11.6. The SMILES string of the molecule is CN(CCOCCC(=O)NC1=CCC2C(=O)N(C3CCC(=O)NC3=O)C(=O)C2=C1)CC[C@@H](c1ccccc1)n1cc(NC(=O)c2n[nH]c3c2CCC(C)(C)C3)cn1. The maximum absolute atomic E-state index is 13.3. The fraction of sp³-hybridized carbons (Fsp3) is 0.463. The number of aromatic nitrogens is 4. The zero-order valence-electron chi connectivity index (χ0n) is 32.5. The summed E-state index contributed by atoms with van der Waals surface area (Å²) in [7, 11) is 2.01. The summed E-state index contributed by atoms with van der Waals surface area (Å²) in [6.07, 6.45) is 10.6. The summed E-state index contributed by atoms with van der Waals surface area (Å²) < 4.78 is 7.66. The fourth-order valence-electron chi connectivity index (χ4n) is 7.95. The number of piperidine rings is 1. The number of allylic oxidation sites excluding steroid dienone is 2. The molecule has 57 heavy (non-hydrogen) atoms. The molecule has 2 saturated heterocycles. The lowest BCUT2D eigenvalue weighted by Gasteiger charge is -2.28. The van der Waals surface area contributed by atoms with Crippen molar-refractivity contribution in [3.63, 3.8) is 0 Å². The van der Waals surface area contributed by atoms with Gasteiger partial charge in [0.2, 0.25) is 23.6 Å². The number of benzene rings is 1. The van der Waals surface area contributed by atoms with Crippen molar-refractivity contribution < 1.29 is 33.5 Å². The number of aromatic amines is 1. The molecule has 2 fully saturated rings. The van der Waals surface area contributed by atoms with Crippen LogP contribution in [0, 0.1) is 11.3 Å². The monoisotopic (exact) mass is 779 g/mol. The number of anilines is 1. The van der Waals surface area contributed by atoms with Gasteiger partial charge in [0, 0.05) is 48.2 Å². The van der Waals surface area contributed by atoms with Crippen LogP contribution in [0.5, 0.6) is 0 Å². The van der Waals surface area contributed by atoms with E-state index in [9.17, 15) is 28.8 Å². The molecule has 0 radical (unpaired) electrons. The normalized spacial score (nSPS) is 20.7. The number of carbonyl (C=O) groups excluding carboxylic acids is 6. The number of likely N-dealkylation sites (tertiary alicyclic amines) is 1. The van der Waals surface area contributed by atoms with Gasteiger partial charge in [-0.25, -0.2) is 0 Å². The second-order valence-corrected chi connectivity index (χ2v) is 16.0. The van der Waals surface area contributed by atoms with Crippen molar-refractivity contribution in [2.45, 2.75) is 77.3 Å². The van der Waals surface area contributed by atoms with Gasteiger partial charge >= 0.3 is 0 Å². The number of nitrogens with zero attached hydrogens (tertiary/aromatic N) is 5. The van der Waals surface area contributed by atoms with E-state index in [1.54, 1.807) is 12.3 Å². The van der Waals surface area contributed by atoms with E-state index in [0.717, 1.165) is 53.9 Å². The Morgan fingerprint density at radius 1 is 1.07 bits per heavy atom. The van der Waals surface area contributed by atoms with E-state index in [1.807, 2.05) is 36.1 Å². The maximum atomic E-state index is 13.3. The van der Waals surface area contributed by atoms with Crippen LogP contribution in [0.25, 0.3) is 0 Å². The summed E-state index contributed by atoms with van der Waals surface area (Å²) >= 11 is 0.